The predicted octanol–water partition coefficient (Wildman–Crippen LogP) is 3.90. The molecule has 3 saturated heterocycles. The van der Waals surface area contributed by atoms with Gasteiger partial charge in [-0.15, -0.1) is 24.0 Å². The second-order valence-corrected chi connectivity index (χ2v) is 9.54. The lowest BCUT2D eigenvalue weighted by atomic mass is 9.83. The van der Waals surface area contributed by atoms with Crippen LogP contribution in [0, 0.1) is 11.8 Å². The number of hydrogen-bond donors (Lipinski definition) is 1. The first-order valence-corrected chi connectivity index (χ1v) is 12.2. The van der Waals surface area contributed by atoms with E-state index in [9.17, 15) is 0 Å². The van der Waals surface area contributed by atoms with E-state index in [-0.39, 0.29) is 24.0 Å². The summed E-state index contributed by atoms with van der Waals surface area (Å²) in [7, 11) is 1.95. The second kappa shape index (κ2) is 12.4. The van der Waals surface area contributed by atoms with Crippen LogP contribution >= 0.6 is 24.0 Å². The maximum Gasteiger partial charge on any atom is 0.193 e. The zero-order valence-electron chi connectivity index (χ0n) is 19.5. The Balaban J connectivity index is 0.00000272. The molecule has 3 heterocycles. The van der Waals surface area contributed by atoms with Gasteiger partial charge in [-0.1, -0.05) is 37.3 Å². The van der Waals surface area contributed by atoms with Gasteiger partial charge in [-0.2, -0.15) is 0 Å². The molecule has 0 amide bonds. The molecule has 1 aromatic carbocycles. The molecule has 0 bridgehead atoms. The fraction of sp³-hybridized carbons (Fsp3) is 0.720. The second-order valence-electron chi connectivity index (χ2n) is 9.54. The van der Waals surface area contributed by atoms with Gasteiger partial charge in [0.2, 0.25) is 0 Å². The molecule has 3 unspecified atom stereocenters. The van der Waals surface area contributed by atoms with Gasteiger partial charge in [0.1, 0.15) is 0 Å². The van der Waals surface area contributed by atoms with Crippen molar-refractivity contribution in [2.45, 2.75) is 51.6 Å². The van der Waals surface area contributed by atoms with Crippen molar-refractivity contribution < 1.29 is 0 Å². The number of hydrogen-bond acceptors (Lipinski definition) is 3. The molecular formula is C25H42IN5. The molecule has 3 aliphatic rings. The number of rotatable bonds is 6. The van der Waals surface area contributed by atoms with Crippen LogP contribution in [-0.4, -0.2) is 79.6 Å². The van der Waals surface area contributed by atoms with Crippen molar-refractivity contribution in [3.63, 3.8) is 0 Å². The molecule has 0 aliphatic carbocycles. The maximum absolute atomic E-state index is 4.66. The molecule has 1 aromatic rings. The number of aliphatic imine (C=N–C) groups is 1. The van der Waals surface area contributed by atoms with Crippen LogP contribution in [0.15, 0.2) is 35.3 Å². The molecule has 3 fully saturated rings. The van der Waals surface area contributed by atoms with Crippen LogP contribution in [0.3, 0.4) is 0 Å². The Kier molecular flexibility index (Phi) is 9.91. The van der Waals surface area contributed by atoms with E-state index in [1.54, 1.807) is 0 Å². The third-order valence-electron chi connectivity index (χ3n) is 7.38. The monoisotopic (exact) mass is 539 g/mol. The summed E-state index contributed by atoms with van der Waals surface area (Å²) in [6.45, 7) is 11.7. The van der Waals surface area contributed by atoms with E-state index < -0.39 is 0 Å². The van der Waals surface area contributed by atoms with Gasteiger partial charge in [0.15, 0.2) is 5.96 Å². The molecule has 3 atom stereocenters. The first kappa shape index (κ1) is 24.8. The number of guanidine groups is 1. The number of fused-ring (bicyclic) bond motifs is 1. The summed E-state index contributed by atoms with van der Waals surface area (Å²) in [5, 5.41) is 3.73. The molecule has 174 valence electrons. The number of benzene rings is 1. The first-order valence-electron chi connectivity index (χ1n) is 12.2. The standard InChI is InChI=1S/C25H41N5.HI/c1-3-13-28-15-11-22(18-28)17-27-25(26-2)30-16-12-24-23(20-30)10-7-14-29(24)19-21-8-5-4-6-9-21;/h4-6,8-9,22-24H,3,7,10-20H2,1-2H3,(H,26,27);1H. The van der Waals surface area contributed by atoms with Crippen LogP contribution in [-0.2, 0) is 6.54 Å². The van der Waals surface area contributed by atoms with E-state index in [1.807, 2.05) is 7.05 Å². The van der Waals surface area contributed by atoms with Crippen LogP contribution in [0.4, 0.5) is 0 Å². The van der Waals surface area contributed by atoms with E-state index in [2.05, 4.69) is 62.3 Å². The van der Waals surface area contributed by atoms with Crippen molar-refractivity contribution in [3.8, 4) is 0 Å². The van der Waals surface area contributed by atoms with Crippen LogP contribution in [0.5, 0.6) is 0 Å². The van der Waals surface area contributed by atoms with Crippen LogP contribution < -0.4 is 5.32 Å². The molecule has 0 aromatic heterocycles. The molecular weight excluding hydrogens is 497 g/mol. The molecule has 31 heavy (non-hydrogen) atoms. The first-order chi connectivity index (χ1) is 14.8. The Bertz CT molecular complexity index is 682. The molecule has 1 N–H and O–H groups in total. The fourth-order valence-electron chi connectivity index (χ4n) is 5.88. The summed E-state index contributed by atoms with van der Waals surface area (Å²) in [6, 6.07) is 11.7. The van der Waals surface area contributed by atoms with Gasteiger partial charge in [0.25, 0.3) is 0 Å². The third kappa shape index (κ3) is 6.57. The highest BCUT2D eigenvalue weighted by Crippen LogP contribution is 2.31. The smallest absolute Gasteiger partial charge is 0.193 e. The summed E-state index contributed by atoms with van der Waals surface area (Å²) in [5.41, 5.74) is 1.45. The molecule has 0 saturated carbocycles. The molecule has 6 heteroatoms. The average molecular weight is 540 g/mol. The van der Waals surface area contributed by atoms with Crippen LogP contribution in [0.2, 0.25) is 0 Å². The average Bonchev–Trinajstić information content (AvgIpc) is 3.23. The van der Waals surface area contributed by atoms with Crippen LogP contribution in [0.1, 0.15) is 44.6 Å². The van der Waals surface area contributed by atoms with Crippen LogP contribution in [0.25, 0.3) is 0 Å². The minimum atomic E-state index is 0. The molecule has 4 rings (SSSR count). The highest BCUT2D eigenvalue weighted by Gasteiger charge is 2.36. The normalized spacial score (nSPS) is 27.6. The lowest BCUT2D eigenvalue weighted by Crippen LogP contribution is -2.57. The van der Waals surface area contributed by atoms with Gasteiger partial charge in [-0.3, -0.25) is 9.89 Å². The zero-order chi connectivity index (χ0) is 20.8. The van der Waals surface area contributed by atoms with Crippen molar-refractivity contribution in [1.29, 1.82) is 0 Å². The lowest BCUT2D eigenvalue weighted by Gasteiger charge is -2.48. The summed E-state index contributed by atoms with van der Waals surface area (Å²) in [4.78, 5) is 12.6. The van der Waals surface area contributed by atoms with Gasteiger partial charge < -0.3 is 15.1 Å². The van der Waals surface area contributed by atoms with Crippen molar-refractivity contribution in [2.75, 3.05) is 52.9 Å². The summed E-state index contributed by atoms with van der Waals surface area (Å²) >= 11 is 0. The van der Waals surface area contributed by atoms with Crippen molar-refractivity contribution >= 4 is 29.9 Å². The summed E-state index contributed by atoms with van der Waals surface area (Å²) in [6.07, 6.45) is 6.52. The van der Waals surface area contributed by atoms with Gasteiger partial charge >= 0.3 is 0 Å². The minimum absolute atomic E-state index is 0. The Labute approximate surface area is 206 Å². The van der Waals surface area contributed by atoms with Gasteiger partial charge in [-0.05, 0) is 69.1 Å². The quantitative estimate of drug-likeness (QED) is 0.338. The number of likely N-dealkylation sites (tertiary alicyclic amines) is 3. The van der Waals surface area contributed by atoms with E-state index in [4.69, 9.17) is 0 Å². The van der Waals surface area contributed by atoms with Gasteiger partial charge in [0.05, 0.1) is 0 Å². The Morgan fingerprint density at radius 3 is 2.68 bits per heavy atom. The Hall–Kier alpha value is -0.860. The van der Waals surface area contributed by atoms with Crippen molar-refractivity contribution in [3.05, 3.63) is 35.9 Å². The van der Waals surface area contributed by atoms with E-state index >= 15 is 0 Å². The topological polar surface area (TPSA) is 34.1 Å². The number of nitrogens with zero attached hydrogens (tertiary/aromatic N) is 4. The number of nitrogens with one attached hydrogen (secondary N) is 1. The number of piperidine rings is 2. The van der Waals surface area contributed by atoms with Gasteiger partial charge in [-0.25, -0.2) is 0 Å². The lowest BCUT2D eigenvalue weighted by molar-refractivity contribution is 0.0372. The van der Waals surface area contributed by atoms with Gasteiger partial charge in [0, 0.05) is 45.8 Å². The molecule has 0 spiro atoms. The van der Waals surface area contributed by atoms with E-state index in [1.165, 1.54) is 63.8 Å². The fourth-order valence-corrected chi connectivity index (χ4v) is 5.88. The molecule has 5 nitrogen and oxygen atoms in total. The largest absolute Gasteiger partial charge is 0.356 e. The van der Waals surface area contributed by atoms with E-state index in [0.717, 1.165) is 50.0 Å². The number of halogens is 1. The van der Waals surface area contributed by atoms with Crippen molar-refractivity contribution in [2.24, 2.45) is 16.8 Å². The summed E-state index contributed by atoms with van der Waals surface area (Å²) < 4.78 is 0. The van der Waals surface area contributed by atoms with E-state index in [0.29, 0.717) is 0 Å². The third-order valence-corrected chi connectivity index (χ3v) is 7.38. The molecule has 0 radical (unpaired) electrons. The SMILES string of the molecule is CCCN1CCC(CNC(=NC)N2CCC3C(CCCN3Cc3ccccc3)C2)C1.I. The zero-order valence-corrected chi connectivity index (χ0v) is 21.8. The Morgan fingerprint density at radius 1 is 1.06 bits per heavy atom. The highest BCUT2D eigenvalue weighted by atomic mass is 127. The molecule has 3 aliphatic heterocycles. The summed E-state index contributed by atoms with van der Waals surface area (Å²) in [5.74, 6) is 2.66. The maximum atomic E-state index is 4.66. The highest BCUT2D eigenvalue weighted by molar-refractivity contribution is 14.0. The Morgan fingerprint density at radius 2 is 1.90 bits per heavy atom. The van der Waals surface area contributed by atoms with Crippen molar-refractivity contribution in [1.82, 2.24) is 20.0 Å². The predicted molar refractivity (Wildman–Crippen MR) is 141 cm³/mol. The minimum Gasteiger partial charge on any atom is -0.356 e.